The summed E-state index contributed by atoms with van der Waals surface area (Å²) in [5, 5.41) is 5.30. The highest BCUT2D eigenvalue weighted by Gasteiger charge is 2.04. The second-order valence-electron chi connectivity index (χ2n) is 5.06. The largest absolute Gasteiger partial charge is 0.343 e. The van der Waals surface area contributed by atoms with E-state index in [2.05, 4.69) is 17.6 Å². The highest BCUT2D eigenvalue weighted by Crippen LogP contribution is 2.09. The minimum absolute atomic E-state index is 0.0620. The Balaban J connectivity index is 1.77. The van der Waals surface area contributed by atoms with Gasteiger partial charge in [-0.25, -0.2) is 0 Å². The molecule has 4 heteroatoms. The first-order chi connectivity index (χ1) is 11.2. The average molecular weight is 308 g/mol. The van der Waals surface area contributed by atoms with Crippen LogP contribution in [0.4, 0.5) is 5.69 Å². The maximum atomic E-state index is 11.8. The van der Waals surface area contributed by atoms with E-state index in [1.807, 2.05) is 54.6 Å². The van der Waals surface area contributed by atoms with Crippen LogP contribution < -0.4 is 10.6 Å². The van der Waals surface area contributed by atoms with Gasteiger partial charge in [0, 0.05) is 11.8 Å². The number of benzene rings is 2. The lowest BCUT2D eigenvalue weighted by atomic mass is 10.1. The summed E-state index contributed by atoms with van der Waals surface area (Å²) in [5.41, 5.74) is 2.87. The molecule has 0 atom stereocenters. The molecule has 2 amide bonds. The van der Waals surface area contributed by atoms with E-state index in [4.69, 9.17) is 0 Å². The average Bonchev–Trinajstić information content (AvgIpc) is 2.60. The van der Waals surface area contributed by atoms with Gasteiger partial charge in [0.05, 0.1) is 6.54 Å². The molecular formula is C19H20N2O2. The Hall–Kier alpha value is -2.88. The molecule has 0 fully saturated rings. The van der Waals surface area contributed by atoms with Crippen LogP contribution in [0.15, 0.2) is 60.7 Å². The Labute approximate surface area is 136 Å². The quantitative estimate of drug-likeness (QED) is 0.806. The number of carbonyl (C=O) groups excluding carboxylic acids is 2. The van der Waals surface area contributed by atoms with Crippen LogP contribution in [0.2, 0.25) is 0 Å². The standard InChI is InChI=1S/C19H20N2O2/c1-2-15-8-11-17(12-9-15)21-19(23)14-20-18(22)13-10-16-6-4-3-5-7-16/h3-13H,2,14H2,1H3,(H,20,22)(H,21,23)/b13-10+. The highest BCUT2D eigenvalue weighted by atomic mass is 16.2. The molecule has 0 unspecified atom stereocenters. The first kappa shape index (κ1) is 16.5. The lowest BCUT2D eigenvalue weighted by Gasteiger charge is -2.06. The van der Waals surface area contributed by atoms with E-state index in [9.17, 15) is 9.59 Å². The predicted molar refractivity (Wildman–Crippen MR) is 92.9 cm³/mol. The number of hydrogen-bond acceptors (Lipinski definition) is 2. The van der Waals surface area contributed by atoms with E-state index >= 15 is 0 Å². The van der Waals surface area contributed by atoms with E-state index in [1.54, 1.807) is 6.08 Å². The minimum Gasteiger partial charge on any atom is -0.343 e. The van der Waals surface area contributed by atoms with Crippen molar-refractivity contribution in [1.82, 2.24) is 5.32 Å². The minimum atomic E-state index is -0.301. The zero-order valence-electron chi connectivity index (χ0n) is 13.1. The molecule has 2 rings (SSSR count). The zero-order valence-corrected chi connectivity index (χ0v) is 13.1. The lowest BCUT2D eigenvalue weighted by molar-refractivity contribution is -0.121. The number of amides is 2. The van der Waals surface area contributed by atoms with Crippen molar-refractivity contribution in [3.63, 3.8) is 0 Å². The van der Waals surface area contributed by atoms with Gasteiger partial charge < -0.3 is 10.6 Å². The van der Waals surface area contributed by atoms with Gasteiger partial charge in [0.25, 0.3) is 0 Å². The topological polar surface area (TPSA) is 58.2 Å². The van der Waals surface area contributed by atoms with Crippen LogP contribution in [-0.4, -0.2) is 18.4 Å². The monoisotopic (exact) mass is 308 g/mol. The normalized spacial score (nSPS) is 10.5. The Bertz CT molecular complexity index is 676. The molecule has 2 aromatic carbocycles. The molecule has 118 valence electrons. The van der Waals surface area contributed by atoms with Gasteiger partial charge in [0.15, 0.2) is 0 Å². The fourth-order valence-electron chi connectivity index (χ4n) is 1.99. The van der Waals surface area contributed by atoms with Gasteiger partial charge in [-0.2, -0.15) is 0 Å². The summed E-state index contributed by atoms with van der Waals surface area (Å²) in [7, 11) is 0. The van der Waals surface area contributed by atoms with E-state index < -0.39 is 0 Å². The third-order valence-electron chi connectivity index (χ3n) is 3.30. The zero-order chi connectivity index (χ0) is 16.5. The van der Waals surface area contributed by atoms with E-state index in [-0.39, 0.29) is 18.4 Å². The van der Waals surface area contributed by atoms with Crippen molar-refractivity contribution < 1.29 is 9.59 Å². The molecule has 0 aromatic heterocycles. The first-order valence-electron chi connectivity index (χ1n) is 7.57. The van der Waals surface area contributed by atoms with Gasteiger partial charge in [0.2, 0.25) is 11.8 Å². The van der Waals surface area contributed by atoms with Crippen molar-refractivity contribution in [3.05, 3.63) is 71.8 Å². The van der Waals surface area contributed by atoms with Gasteiger partial charge in [-0.05, 0) is 35.8 Å². The fraction of sp³-hybridized carbons (Fsp3) is 0.158. The third-order valence-corrected chi connectivity index (χ3v) is 3.30. The summed E-state index contributed by atoms with van der Waals surface area (Å²) in [5.74, 6) is -0.555. The van der Waals surface area contributed by atoms with E-state index in [0.717, 1.165) is 17.7 Å². The molecule has 0 saturated carbocycles. The molecule has 23 heavy (non-hydrogen) atoms. The summed E-state index contributed by atoms with van der Waals surface area (Å²) >= 11 is 0. The fourth-order valence-corrected chi connectivity index (χ4v) is 1.99. The molecule has 4 nitrogen and oxygen atoms in total. The van der Waals surface area contributed by atoms with Crippen LogP contribution in [0, 0.1) is 0 Å². The van der Waals surface area contributed by atoms with Crippen molar-refractivity contribution in [2.24, 2.45) is 0 Å². The predicted octanol–water partition coefficient (Wildman–Crippen LogP) is 3.02. The second-order valence-corrected chi connectivity index (χ2v) is 5.06. The molecule has 0 spiro atoms. The number of nitrogens with one attached hydrogen (secondary N) is 2. The van der Waals surface area contributed by atoms with Crippen molar-refractivity contribution in [1.29, 1.82) is 0 Å². The van der Waals surface area contributed by atoms with Gasteiger partial charge in [-0.1, -0.05) is 49.4 Å². The van der Waals surface area contributed by atoms with Gasteiger partial charge in [-0.3, -0.25) is 9.59 Å². The van der Waals surface area contributed by atoms with Crippen LogP contribution in [-0.2, 0) is 16.0 Å². The SMILES string of the molecule is CCc1ccc(NC(=O)CNC(=O)/C=C/c2ccccc2)cc1. The number of hydrogen-bond donors (Lipinski definition) is 2. The number of rotatable bonds is 6. The van der Waals surface area contributed by atoms with Crippen LogP contribution in [0.25, 0.3) is 6.08 Å². The Morgan fingerprint density at radius 3 is 2.35 bits per heavy atom. The van der Waals surface area contributed by atoms with Crippen molar-refractivity contribution in [2.75, 3.05) is 11.9 Å². The summed E-state index contributed by atoms with van der Waals surface area (Å²) in [6, 6.07) is 17.2. The number of carbonyl (C=O) groups is 2. The van der Waals surface area contributed by atoms with E-state index in [1.165, 1.54) is 11.6 Å². The molecule has 0 aliphatic carbocycles. The summed E-state index contributed by atoms with van der Waals surface area (Å²) in [4.78, 5) is 23.5. The molecular weight excluding hydrogens is 288 g/mol. The molecule has 0 aliphatic heterocycles. The van der Waals surface area contributed by atoms with Gasteiger partial charge in [0.1, 0.15) is 0 Å². The maximum absolute atomic E-state index is 11.8. The van der Waals surface area contributed by atoms with Crippen LogP contribution in [0.5, 0.6) is 0 Å². The lowest BCUT2D eigenvalue weighted by Crippen LogP contribution is -2.31. The number of aryl methyl sites for hydroxylation is 1. The Morgan fingerprint density at radius 1 is 1.00 bits per heavy atom. The molecule has 0 radical (unpaired) electrons. The van der Waals surface area contributed by atoms with Crippen LogP contribution in [0.1, 0.15) is 18.1 Å². The molecule has 0 aliphatic rings. The summed E-state index contributed by atoms with van der Waals surface area (Å²) in [6.45, 7) is 2.01. The van der Waals surface area contributed by atoms with Crippen molar-refractivity contribution >= 4 is 23.6 Å². The van der Waals surface area contributed by atoms with Crippen LogP contribution in [0.3, 0.4) is 0 Å². The van der Waals surface area contributed by atoms with E-state index in [0.29, 0.717) is 0 Å². The highest BCUT2D eigenvalue weighted by molar-refractivity contribution is 5.97. The Morgan fingerprint density at radius 2 is 1.70 bits per heavy atom. The first-order valence-corrected chi connectivity index (χ1v) is 7.57. The smallest absolute Gasteiger partial charge is 0.244 e. The molecule has 0 heterocycles. The van der Waals surface area contributed by atoms with Crippen molar-refractivity contribution in [3.8, 4) is 0 Å². The molecule has 0 saturated heterocycles. The van der Waals surface area contributed by atoms with Crippen LogP contribution >= 0.6 is 0 Å². The maximum Gasteiger partial charge on any atom is 0.244 e. The van der Waals surface area contributed by atoms with Crippen molar-refractivity contribution in [2.45, 2.75) is 13.3 Å². The summed E-state index contributed by atoms with van der Waals surface area (Å²) < 4.78 is 0. The second kappa shape index (κ2) is 8.54. The summed E-state index contributed by atoms with van der Waals surface area (Å²) in [6.07, 6.45) is 4.08. The third kappa shape index (κ3) is 5.79. The van der Waals surface area contributed by atoms with Gasteiger partial charge in [-0.15, -0.1) is 0 Å². The molecule has 2 aromatic rings. The number of anilines is 1. The Kier molecular flexibility index (Phi) is 6.12. The van der Waals surface area contributed by atoms with Gasteiger partial charge >= 0.3 is 0 Å². The molecule has 2 N–H and O–H groups in total. The molecule has 0 bridgehead atoms.